The second-order valence-electron chi connectivity index (χ2n) is 26.1. The normalized spacial score (nSPS) is 14.6. The van der Waals surface area contributed by atoms with Crippen molar-refractivity contribution in [1.29, 1.82) is 0 Å². The lowest BCUT2D eigenvalue weighted by Crippen LogP contribution is -2.30. The van der Waals surface area contributed by atoms with Crippen LogP contribution in [0.5, 0.6) is 0 Å². The molecule has 0 saturated heterocycles. The van der Waals surface area contributed by atoms with Gasteiger partial charge >= 0.3 is 33.6 Å². The Labute approximate surface area is 602 Å². The van der Waals surface area contributed by atoms with E-state index in [1.54, 1.807) is 0 Å². The van der Waals surface area contributed by atoms with Gasteiger partial charge in [-0.15, -0.1) is 0 Å². The maximum atomic E-state index is 12.9. The first-order valence-electron chi connectivity index (χ1n) is 39.2. The smallest absolute Gasteiger partial charge is 0.463 e. The molecular weight excluding hydrogens is 1290 g/mol. The third kappa shape index (κ3) is 75.2. The van der Waals surface area contributed by atoms with E-state index in [1.165, 1.54) is 116 Å². The van der Waals surface area contributed by atoms with E-state index in [9.17, 15) is 43.5 Å². The molecule has 0 bridgehead atoms. The molecule has 0 aliphatic heterocycles. The first-order valence-corrected chi connectivity index (χ1v) is 42.2. The molecule has 0 fully saturated rings. The number of esters is 3. The van der Waals surface area contributed by atoms with Crippen molar-refractivity contribution in [1.82, 2.24) is 0 Å². The van der Waals surface area contributed by atoms with E-state index in [0.29, 0.717) is 19.3 Å². The van der Waals surface area contributed by atoms with E-state index in [1.807, 2.05) is 0 Å². The van der Waals surface area contributed by atoms with E-state index in [0.717, 1.165) is 154 Å². The van der Waals surface area contributed by atoms with E-state index < -0.39 is 91.5 Å². The van der Waals surface area contributed by atoms with Crippen molar-refractivity contribution in [3.63, 3.8) is 0 Å². The van der Waals surface area contributed by atoms with Crippen LogP contribution >= 0.6 is 15.6 Å². The minimum atomic E-state index is -4.93. The number of ether oxygens (including phenoxy) is 3. The Hall–Kier alpha value is -3.79. The number of allylic oxidation sites excluding steroid dienone is 18. The molecule has 0 saturated carbocycles. The fraction of sp³-hybridized carbons (Fsp3) is 0.741. The third-order valence-corrected chi connectivity index (χ3v) is 18.4. The lowest BCUT2D eigenvalue weighted by molar-refractivity contribution is -0.161. The van der Waals surface area contributed by atoms with Crippen LogP contribution in [0.1, 0.15) is 329 Å². The molecule has 572 valence electrons. The Morgan fingerprint density at radius 2 is 0.535 bits per heavy atom. The summed E-state index contributed by atoms with van der Waals surface area (Å²) in [5.74, 6) is -1.59. The number of hydrogen-bond acceptors (Lipinski definition) is 14. The monoisotopic (exact) mass is 1430 g/mol. The molecule has 5 atom stereocenters. The number of rotatable bonds is 74. The zero-order valence-corrected chi connectivity index (χ0v) is 64.2. The highest BCUT2D eigenvalue weighted by molar-refractivity contribution is 7.47. The van der Waals surface area contributed by atoms with Gasteiger partial charge in [0.05, 0.1) is 26.4 Å². The quantitative estimate of drug-likeness (QED) is 0.0146. The van der Waals surface area contributed by atoms with Crippen LogP contribution in [-0.2, 0) is 55.8 Å². The molecule has 99 heavy (non-hydrogen) atoms. The van der Waals surface area contributed by atoms with Crippen molar-refractivity contribution in [2.75, 3.05) is 39.6 Å². The predicted molar refractivity (Wildman–Crippen MR) is 408 cm³/mol. The van der Waals surface area contributed by atoms with Crippen molar-refractivity contribution in [2.24, 2.45) is 0 Å². The molecule has 0 spiro atoms. The Morgan fingerprint density at radius 3 is 0.859 bits per heavy atom. The summed E-state index contributed by atoms with van der Waals surface area (Å²) >= 11 is 0. The fourth-order valence-corrected chi connectivity index (χ4v) is 12.1. The second-order valence-corrected chi connectivity index (χ2v) is 29.0. The van der Waals surface area contributed by atoms with Gasteiger partial charge in [0, 0.05) is 19.3 Å². The number of carbonyl (C=O) groups is 3. The highest BCUT2D eigenvalue weighted by Gasteiger charge is 2.29. The zero-order valence-electron chi connectivity index (χ0n) is 62.4. The van der Waals surface area contributed by atoms with E-state index in [2.05, 4.69) is 130 Å². The fourth-order valence-electron chi connectivity index (χ4n) is 10.5. The molecule has 0 aliphatic rings. The van der Waals surface area contributed by atoms with Gasteiger partial charge in [-0.1, -0.05) is 297 Å². The summed E-state index contributed by atoms with van der Waals surface area (Å²) in [5, 5.41) is 20.6. The molecular formula is C81H142O16P2. The Bertz CT molecular complexity index is 2240. The Kier molecular flexibility index (Phi) is 71.1. The SMILES string of the molecule is CC/C=C\C/C=C\C/C=C\C/C=C\C/C=C\CCCCCCCCCCCCCCCCCC(=O)OCC(O)COP(=O)(O)OCC(O)COP(=O)(O)OCC(COC(=O)CCCCCCCCC/C=C\C/C=C\C/C=C\CC)OC(=O)CCCCCCC/C=C\CCCCCCCC. The van der Waals surface area contributed by atoms with Crippen LogP contribution in [0.25, 0.3) is 0 Å². The van der Waals surface area contributed by atoms with E-state index in [-0.39, 0.29) is 19.3 Å². The van der Waals surface area contributed by atoms with Crippen molar-refractivity contribution < 1.29 is 75.8 Å². The van der Waals surface area contributed by atoms with Crippen molar-refractivity contribution in [3.8, 4) is 0 Å². The summed E-state index contributed by atoms with van der Waals surface area (Å²) in [6.07, 6.45) is 85.7. The molecule has 0 aromatic heterocycles. The molecule has 0 heterocycles. The van der Waals surface area contributed by atoms with E-state index >= 15 is 0 Å². The van der Waals surface area contributed by atoms with Gasteiger partial charge in [0.1, 0.15) is 25.4 Å². The molecule has 0 aliphatic carbocycles. The van der Waals surface area contributed by atoms with Crippen LogP contribution in [0.15, 0.2) is 109 Å². The number of carbonyl (C=O) groups excluding carboxylic acids is 3. The summed E-state index contributed by atoms with van der Waals surface area (Å²) in [6.45, 7) is 2.46. The van der Waals surface area contributed by atoms with Gasteiger partial charge in [-0.25, -0.2) is 9.13 Å². The van der Waals surface area contributed by atoms with Crippen LogP contribution in [-0.4, -0.2) is 95.9 Å². The van der Waals surface area contributed by atoms with Gasteiger partial charge < -0.3 is 34.2 Å². The average Bonchev–Trinajstić information content (AvgIpc) is 2.96. The topological polar surface area (TPSA) is 231 Å². The number of aliphatic hydroxyl groups excluding tert-OH is 2. The third-order valence-electron chi connectivity index (χ3n) is 16.5. The van der Waals surface area contributed by atoms with Crippen LogP contribution in [0.2, 0.25) is 0 Å². The van der Waals surface area contributed by atoms with Crippen molar-refractivity contribution in [3.05, 3.63) is 109 Å². The molecule has 0 radical (unpaired) electrons. The van der Waals surface area contributed by atoms with Crippen LogP contribution < -0.4 is 0 Å². The van der Waals surface area contributed by atoms with Gasteiger partial charge in [0.25, 0.3) is 0 Å². The molecule has 0 rings (SSSR count). The lowest BCUT2D eigenvalue weighted by Gasteiger charge is -2.21. The summed E-state index contributed by atoms with van der Waals surface area (Å²) in [6, 6.07) is 0. The van der Waals surface area contributed by atoms with Crippen molar-refractivity contribution in [2.45, 2.75) is 347 Å². The Balaban J connectivity index is 4.45. The second kappa shape index (κ2) is 73.9. The van der Waals surface area contributed by atoms with Gasteiger partial charge in [0.15, 0.2) is 6.10 Å². The lowest BCUT2D eigenvalue weighted by atomic mass is 10.0. The molecule has 18 heteroatoms. The van der Waals surface area contributed by atoms with Gasteiger partial charge in [-0.05, 0) is 122 Å². The minimum Gasteiger partial charge on any atom is -0.463 e. The standard InChI is InChI=1S/C81H142O16P2/c1-4-7-10-13-16-19-22-25-28-30-31-32-33-34-35-36-37-38-39-40-41-42-43-45-48-49-52-55-58-61-64-67-79(84)91-70-76(82)71-93-98(87,88)94-72-77(83)73-95-99(89,90)96-75-78(97-81(86)69-66-63-60-57-54-51-46-27-24-21-18-15-12-9-6-3)74-92-80(85)68-65-62-59-56-53-50-47-44-29-26-23-20-17-14-11-8-5-2/h7-8,10-11,16-17,19-20,25-29,31-32,34-35,46,76-78,82-83H,4-6,9,12-15,18,21-24,30,33,36-45,47-75H2,1-3H3,(H,87,88)(H,89,90)/b10-7-,11-8-,19-16-,20-17-,28-25-,29-26-,32-31-,35-34-,46-27-. The maximum Gasteiger partial charge on any atom is 0.472 e. The maximum absolute atomic E-state index is 12.9. The summed E-state index contributed by atoms with van der Waals surface area (Å²) < 4.78 is 61.1. The first kappa shape index (κ1) is 95.2. The van der Waals surface area contributed by atoms with Crippen molar-refractivity contribution >= 4 is 33.6 Å². The molecule has 5 unspecified atom stereocenters. The largest absolute Gasteiger partial charge is 0.472 e. The van der Waals surface area contributed by atoms with E-state index in [4.69, 9.17) is 32.3 Å². The van der Waals surface area contributed by atoms with Gasteiger partial charge in [0.2, 0.25) is 0 Å². The average molecular weight is 1430 g/mol. The summed E-state index contributed by atoms with van der Waals surface area (Å²) in [5.41, 5.74) is 0. The van der Waals surface area contributed by atoms with Gasteiger partial charge in [-0.2, -0.15) is 0 Å². The minimum absolute atomic E-state index is 0.0930. The highest BCUT2D eigenvalue weighted by atomic mass is 31.2. The van der Waals surface area contributed by atoms with Crippen LogP contribution in [0.3, 0.4) is 0 Å². The predicted octanol–water partition coefficient (Wildman–Crippen LogP) is 22.8. The summed E-state index contributed by atoms with van der Waals surface area (Å²) in [7, 11) is -9.79. The highest BCUT2D eigenvalue weighted by Crippen LogP contribution is 2.45. The number of aliphatic hydroxyl groups is 2. The molecule has 0 aromatic carbocycles. The molecule has 0 amide bonds. The molecule has 4 N–H and O–H groups in total. The number of phosphoric ester groups is 2. The molecule has 16 nitrogen and oxygen atoms in total. The van der Waals surface area contributed by atoms with Gasteiger partial charge in [-0.3, -0.25) is 32.5 Å². The van der Waals surface area contributed by atoms with Crippen LogP contribution in [0.4, 0.5) is 0 Å². The number of phosphoric acid groups is 2. The first-order chi connectivity index (χ1) is 48.2. The number of hydrogen-bond donors (Lipinski definition) is 4. The zero-order chi connectivity index (χ0) is 72.3. The number of unbranched alkanes of at least 4 members (excludes halogenated alkanes) is 33. The molecule has 0 aromatic rings. The van der Waals surface area contributed by atoms with Crippen LogP contribution in [0, 0.1) is 0 Å². The Morgan fingerprint density at radius 1 is 0.293 bits per heavy atom. The summed E-state index contributed by atoms with van der Waals surface area (Å²) in [4.78, 5) is 58.6.